The highest BCUT2D eigenvalue weighted by Gasteiger charge is 2.27. The average molecular weight is 291 g/mol. The molecule has 0 amide bonds. The van der Waals surface area contributed by atoms with Crippen molar-refractivity contribution in [3.8, 4) is 5.75 Å². The molecule has 1 fully saturated rings. The van der Waals surface area contributed by atoms with Gasteiger partial charge in [-0.3, -0.25) is 0 Å². The van der Waals surface area contributed by atoms with Crippen LogP contribution in [0.15, 0.2) is 24.3 Å². The van der Waals surface area contributed by atoms with Crippen LogP contribution in [0.2, 0.25) is 0 Å². The Bertz CT molecular complexity index is 419. The lowest BCUT2D eigenvalue weighted by Crippen LogP contribution is -2.33. The summed E-state index contributed by atoms with van der Waals surface area (Å²) in [5.74, 6) is 2.18. The molecule has 118 valence electrons. The van der Waals surface area contributed by atoms with E-state index in [1.54, 1.807) is 0 Å². The van der Waals surface area contributed by atoms with E-state index in [0.29, 0.717) is 18.4 Å². The average Bonchev–Trinajstić information content (AvgIpc) is 2.48. The Morgan fingerprint density at radius 3 is 3.00 bits per heavy atom. The molecule has 0 aliphatic carbocycles. The lowest BCUT2D eigenvalue weighted by Gasteiger charge is -2.32. The molecule has 2 atom stereocenters. The van der Waals surface area contributed by atoms with Crippen LogP contribution in [0.4, 0.5) is 0 Å². The zero-order valence-electron chi connectivity index (χ0n) is 13.6. The van der Waals surface area contributed by atoms with Crippen LogP contribution in [0.1, 0.15) is 45.3 Å². The molecule has 0 spiro atoms. The highest BCUT2D eigenvalue weighted by atomic mass is 16.5. The fraction of sp³-hybridized carbons (Fsp3) is 0.667. The summed E-state index contributed by atoms with van der Waals surface area (Å²) in [5.41, 5.74) is 1.25. The lowest BCUT2D eigenvalue weighted by atomic mass is 9.89. The molecular formula is C18H29NO2. The molecular weight excluding hydrogens is 262 g/mol. The maximum atomic E-state index is 6.07. The summed E-state index contributed by atoms with van der Waals surface area (Å²) in [5, 5.41) is 3.58. The Labute approximate surface area is 129 Å². The van der Waals surface area contributed by atoms with Gasteiger partial charge in [-0.25, -0.2) is 0 Å². The van der Waals surface area contributed by atoms with E-state index in [1.807, 2.05) is 13.0 Å². The third-order valence-electron chi connectivity index (χ3n) is 3.90. The number of hydrogen-bond acceptors (Lipinski definition) is 3. The summed E-state index contributed by atoms with van der Waals surface area (Å²) < 4.78 is 11.7. The third-order valence-corrected chi connectivity index (χ3v) is 3.90. The van der Waals surface area contributed by atoms with E-state index in [-0.39, 0.29) is 6.10 Å². The molecule has 1 aliphatic heterocycles. The molecule has 1 heterocycles. The number of ether oxygens (including phenoxy) is 2. The van der Waals surface area contributed by atoms with Gasteiger partial charge in [0.05, 0.1) is 12.7 Å². The van der Waals surface area contributed by atoms with E-state index in [0.717, 1.165) is 31.9 Å². The first kappa shape index (κ1) is 16.3. The van der Waals surface area contributed by atoms with Gasteiger partial charge in [-0.1, -0.05) is 26.0 Å². The predicted octanol–water partition coefficient (Wildman–Crippen LogP) is 3.80. The SMILES string of the molecule is CCOc1cccc(C2OCCCC2CNCC(C)C)c1. The highest BCUT2D eigenvalue weighted by Crippen LogP contribution is 2.34. The molecule has 1 saturated heterocycles. The topological polar surface area (TPSA) is 30.5 Å². The molecule has 1 aromatic carbocycles. The van der Waals surface area contributed by atoms with Gasteiger partial charge in [0.15, 0.2) is 0 Å². The fourth-order valence-electron chi connectivity index (χ4n) is 2.93. The smallest absolute Gasteiger partial charge is 0.119 e. The van der Waals surface area contributed by atoms with Crippen LogP contribution in [0, 0.1) is 11.8 Å². The molecule has 3 nitrogen and oxygen atoms in total. The predicted molar refractivity (Wildman–Crippen MR) is 86.7 cm³/mol. The quantitative estimate of drug-likeness (QED) is 0.829. The molecule has 1 aromatic rings. The summed E-state index contributed by atoms with van der Waals surface area (Å²) in [4.78, 5) is 0. The van der Waals surface area contributed by atoms with Crippen molar-refractivity contribution in [1.29, 1.82) is 0 Å². The monoisotopic (exact) mass is 291 g/mol. The molecule has 3 heteroatoms. The summed E-state index contributed by atoms with van der Waals surface area (Å²) in [7, 11) is 0. The van der Waals surface area contributed by atoms with Crippen molar-refractivity contribution in [2.45, 2.75) is 39.7 Å². The van der Waals surface area contributed by atoms with Gasteiger partial charge in [-0.15, -0.1) is 0 Å². The van der Waals surface area contributed by atoms with Gasteiger partial charge in [-0.05, 0) is 49.9 Å². The van der Waals surface area contributed by atoms with Crippen molar-refractivity contribution in [2.75, 3.05) is 26.3 Å². The van der Waals surface area contributed by atoms with E-state index < -0.39 is 0 Å². The number of hydrogen-bond donors (Lipinski definition) is 1. The van der Waals surface area contributed by atoms with Crippen LogP contribution in [-0.4, -0.2) is 26.3 Å². The van der Waals surface area contributed by atoms with E-state index >= 15 is 0 Å². The van der Waals surface area contributed by atoms with E-state index in [9.17, 15) is 0 Å². The van der Waals surface area contributed by atoms with Crippen molar-refractivity contribution in [1.82, 2.24) is 5.32 Å². The Morgan fingerprint density at radius 1 is 1.38 bits per heavy atom. The minimum Gasteiger partial charge on any atom is -0.494 e. The summed E-state index contributed by atoms with van der Waals surface area (Å²) in [6.45, 7) is 10.2. The Morgan fingerprint density at radius 2 is 2.24 bits per heavy atom. The van der Waals surface area contributed by atoms with Gasteiger partial charge < -0.3 is 14.8 Å². The largest absolute Gasteiger partial charge is 0.494 e. The molecule has 0 saturated carbocycles. The summed E-state index contributed by atoms with van der Waals surface area (Å²) >= 11 is 0. The molecule has 0 aromatic heterocycles. The third kappa shape index (κ3) is 5.01. The first-order chi connectivity index (χ1) is 10.2. The van der Waals surface area contributed by atoms with Crippen molar-refractivity contribution in [2.24, 2.45) is 11.8 Å². The van der Waals surface area contributed by atoms with Crippen molar-refractivity contribution >= 4 is 0 Å². The van der Waals surface area contributed by atoms with Gasteiger partial charge in [0.25, 0.3) is 0 Å². The fourth-order valence-corrected chi connectivity index (χ4v) is 2.93. The molecule has 1 N–H and O–H groups in total. The second-order valence-corrected chi connectivity index (χ2v) is 6.25. The normalized spacial score (nSPS) is 22.5. The highest BCUT2D eigenvalue weighted by molar-refractivity contribution is 5.30. The van der Waals surface area contributed by atoms with Gasteiger partial charge in [0.2, 0.25) is 0 Å². The van der Waals surface area contributed by atoms with Gasteiger partial charge in [0, 0.05) is 19.1 Å². The van der Waals surface area contributed by atoms with Crippen LogP contribution in [0.3, 0.4) is 0 Å². The second kappa shape index (κ2) is 8.40. The van der Waals surface area contributed by atoms with Crippen molar-refractivity contribution < 1.29 is 9.47 Å². The van der Waals surface area contributed by atoms with Crippen LogP contribution in [0.25, 0.3) is 0 Å². The molecule has 0 radical (unpaired) electrons. The Hall–Kier alpha value is -1.06. The van der Waals surface area contributed by atoms with Crippen LogP contribution in [-0.2, 0) is 4.74 Å². The number of nitrogens with one attached hydrogen (secondary N) is 1. The zero-order valence-corrected chi connectivity index (χ0v) is 13.6. The van der Waals surface area contributed by atoms with Gasteiger partial charge in [-0.2, -0.15) is 0 Å². The van der Waals surface area contributed by atoms with E-state index in [2.05, 4.69) is 37.4 Å². The second-order valence-electron chi connectivity index (χ2n) is 6.25. The van der Waals surface area contributed by atoms with Crippen LogP contribution in [0.5, 0.6) is 5.75 Å². The van der Waals surface area contributed by atoms with Crippen LogP contribution < -0.4 is 10.1 Å². The molecule has 2 unspecified atom stereocenters. The minimum absolute atomic E-state index is 0.193. The number of benzene rings is 1. The summed E-state index contributed by atoms with van der Waals surface area (Å²) in [6.07, 6.45) is 2.59. The Kier molecular flexibility index (Phi) is 6.52. The maximum absolute atomic E-state index is 6.07. The Balaban J connectivity index is 2.01. The van der Waals surface area contributed by atoms with Gasteiger partial charge >= 0.3 is 0 Å². The van der Waals surface area contributed by atoms with Crippen molar-refractivity contribution in [3.63, 3.8) is 0 Å². The van der Waals surface area contributed by atoms with Crippen molar-refractivity contribution in [3.05, 3.63) is 29.8 Å². The maximum Gasteiger partial charge on any atom is 0.119 e. The summed E-state index contributed by atoms with van der Waals surface area (Å²) in [6, 6.07) is 8.38. The molecule has 0 bridgehead atoms. The van der Waals surface area contributed by atoms with Crippen LogP contribution >= 0.6 is 0 Å². The lowest BCUT2D eigenvalue weighted by molar-refractivity contribution is -0.0279. The zero-order chi connectivity index (χ0) is 15.1. The molecule has 21 heavy (non-hydrogen) atoms. The first-order valence-corrected chi connectivity index (χ1v) is 8.25. The minimum atomic E-state index is 0.193. The first-order valence-electron chi connectivity index (χ1n) is 8.25. The molecule has 1 aliphatic rings. The van der Waals surface area contributed by atoms with Gasteiger partial charge in [0.1, 0.15) is 5.75 Å². The molecule has 2 rings (SSSR count). The standard InChI is InChI=1S/C18H29NO2/c1-4-20-17-9-5-7-15(11-17)18-16(8-6-10-21-18)13-19-12-14(2)3/h5,7,9,11,14,16,18-19H,4,6,8,10,12-13H2,1-3H3. The van der Waals surface area contributed by atoms with E-state index in [1.165, 1.54) is 12.0 Å². The number of rotatable bonds is 7. The van der Waals surface area contributed by atoms with E-state index in [4.69, 9.17) is 9.47 Å².